The van der Waals surface area contributed by atoms with Crippen LogP contribution in [0, 0.1) is 5.41 Å². The van der Waals surface area contributed by atoms with Gasteiger partial charge in [0.25, 0.3) is 0 Å². The molecule has 0 amide bonds. The van der Waals surface area contributed by atoms with Crippen molar-refractivity contribution in [2.75, 3.05) is 13.1 Å². The summed E-state index contributed by atoms with van der Waals surface area (Å²) in [7, 11) is 0. The molecule has 1 nitrogen and oxygen atoms in total. The summed E-state index contributed by atoms with van der Waals surface area (Å²) in [6.45, 7) is 12.0. The van der Waals surface area contributed by atoms with Crippen LogP contribution in [0.3, 0.4) is 0 Å². The molecule has 0 spiro atoms. The molecule has 0 saturated carbocycles. The average Bonchev–Trinajstić information content (AvgIpc) is 2.80. The van der Waals surface area contributed by atoms with E-state index >= 15 is 0 Å². The van der Waals surface area contributed by atoms with E-state index in [1.165, 1.54) is 45.2 Å². The first-order chi connectivity index (χ1) is 8.50. The van der Waals surface area contributed by atoms with Crippen molar-refractivity contribution < 1.29 is 0 Å². The zero-order valence-electron chi connectivity index (χ0n) is 12.6. The van der Waals surface area contributed by atoms with Crippen LogP contribution in [0.5, 0.6) is 0 Å². The molecule has 1 fully saturated rings. The monoisotopic (exact) mass is 247 g/mol. The first kappa shape index (κ1) is 13.9. The highest BCUT2D eigenvalue weighted by Gasteiger charge is 2.26. The second-order valence-electron chi connectivity index (χ2n) is 6.77. The van der Waals surface area contributed by atoms with Crippen molar-refractivity contribution >= 4 is 0 Å². The minimum Gasteiger partial charge on any atom is -0.297 e. The zero-order chi connectivity index (χ0) is 13.2. The Morgan fingerprint density at radius 2 is 1.83 bits per heavy atom. The molecule has 18 heavy (non-hydrogen) atoms. The Balaban J connectivity index is 2.06. The van der Waals surface area contributed by atoms with Gasteiger partial charge in [0.1, 0.15) is 0 Å². The van der Waals surface area contributed by atoms with Gasteiger partial charge in [-0.25, -0.2) is 0 Å². The van der Waals surface area contributed by atoms with Crippen LogP contribution in [0.15, 0.2) is 23.3 Å². The molecule has 0 bridgehead atoms. The Morgan fingerprint density at radius 1 is 1.17 bits per heavy atom. The lowest BCUT2D eigenvalue weighted by atomic mass is 9.72. The fourth-order valence-corrected chi connectivity index (χ4v) is 3.52. The van der Waals surface area contributed by atoms with Crippen LogP contribution in [-0.4, -0.2) is 24.0 Å². The molecule has 1 heteroatoms. The highest BCUT2D eigenvalue weighted by molar-refractivity contribution is 5.33. The third kappa shape index (κ3) is 3.06. The first-order valence-corrected chi connectivity index (χ1v) is 7.63. The van der Waals surface area contributed by atoms with Crippen LogP contribution >= 0.6 is 0 Å². The van der Waals surface area contributed by atoms with Crippen LogP contribution in [0.4, 0.5) is 0 Å². The Hall–Kier alpha value is -0.560. The van der Waals surface area contributed by atoms with Crippen molar-refractivity contribution in [3.05, 3.63) is 23.3 Å². The molecule has 0 aromatic rings. The Bertz CT molecular complexity index is 343. The molecule has 2 rings (SSSR count). The van der Waals surface area contributed by atoms with E-state index in [2.05, 4.69) is 44.7 Å². The maximum atomic E-state index is 2.60. The predicted molar refractivity (Wildman–Crippen MR) is 79.7 cm³/mol. The number of allylic oxidation sites excluding steroid dienone is 3. The SMILES string of the molecule is CC1=C(C=CC(C)N2CCCC2)C(C)(C)CCC1. The summed E-state index contributed by atoms with van der Waals surface area (Å²) in [5.41, 5.74) is 3.58. The van der Waals surface area contributed by atoms with Gasteiger partial charge in [-0.15, -0.1) is 0 Å². The second kappa shape index (κ2) is 5.61. The van der Waals surface area contributed by atoms with Crippen molar-refractivity contribution in [3.63, 3.8) is 0 Å². The predicted octanol–water partition coefficient (Wildman–Crippen LogP) is 4.55. The molecule has 1 unspecified atom stereocenters. The molecule has 1 heterocycles. The molecule has 102 valence electrons. The van der Waals surface area contributed by atoms with Gasteiger partial charge < -0.3 is 0 Å². The summed E-state index contributed by atoms with van der Waals surface area (Å²) >= 11 is 0. The topological polar surface area (TPSA) is 3.24 Å². The number of hydrogen-bond acceptors (Lipinski definition) is 1. The minimum atomic E-state index is 0.379. The van der Waals surface area contributed by atoms with Crippen LogP contribution in [-0.2, 0) is 0 Å². The van der Waals surface area contributed by atoms with E-state index in [0.717, 1.165) is 0 Å². The molecule has 2 aliphatic rings. The highest BCUT2D eigenvalue weighted by atomic mass is 15.2. The smallest absolute Gasteiger partial charge is 0.0252 e. The van der Waals surface area contributed by atoms with Gasteiger partial charge in [-0.2, -0.15) is 0 Å². The molecule has 1 saturated heterocycles. The van der Waals surface area contributed by atoms with Gasteiger partial charge in [0, 0.05) is 6.04 Å². The maximum absolute atomic E-state index is 2.60. The molecule has 1 atom stereocenters. The van der Waals surface area contributed by atoms with Crippen molar-refractivity contribution in [3.8, 4) is 0 Å². The second-order valence-corrected chi connectivity index (χ2v) is 6.77. The average molecular weight is 247 g/mol. The van der Waals surface area contributed by atoms with Crippen LogP contribution in [0.25, 0.3) is 0 Å². The van der Waals surface area contributed by atoms with Crippen molar-refractivity contribution in [1.82, 2.24) is 4.90 Å². The van der Waals surface area contributed by atoms with Gasteiger partial charge in [-0.3, -0.25) is 4.90 Å². The summed E-state index contributed by atoms with van der Waals surface area (Å²) in [5, 5.41) is 0. The fourth-order valence-electron chi connectivity index (χ4n) is 3.52. The maximum Gasteiger partial charge on any atom is 0.0252 e. The van der Waals surface area contributed by atoms with Gasteiger partial charge in [0.2, 0.25) is 0 Å². The van der Waals surface area contributed by atoms with E-state index in [-0.39, 0.29) is 0 Å². The molecule has 1 aliphatic carbocycles. The largest absolute Gasteiger partial charge is 0.297 e. The molecular formula is C17H29N. The lowest BCUT2D eigenvalue weighted by Crippen LogP contribution is -2.28. The first-order valence-electron chi connectivity index (χ1n) is 7.63. The van der Waals surface area contributed by atoms with Gasteiger partial charge in [0.05, 0.1) is 0 Å². The normalized spacial score (nSPS) is 27.1. The number of likely N-dealkylation sites (tertiary alicyclic amines) is 1. The Labute approximate surface area is 113 Å². The van der Waals surface area contributed by atoms with E-state index in [1.807, 2.05) is 0 Å². The summed E-state index contributed by atoms with van der Waals surface area (Å²) < 4.78 is 0. The standard InChI is InChI=1S/C17H29N/c1-14-8-7-11-17(3,4)16(14)10-9-15(2)18-12-5-6-13-18/h9-10,15H,5-8,11-13H2,1-4H3. The van der Waals surface area contributed by atoms with E-state index in [4.69, 9.17) is 0 Å². The van der Waals surface area contributed by atoms with Crippen LogP contribution in [0.1, 0.15) is 59.8 Å². The molecular weight excluding hydrogens is 218 g/mol. The quantitative estimate of drug-likeness (QED) is 0.707. The highest BCUT2D eigenvalue weighted by Crippen LogP contribution is 2.40. The zero-order valence-corrected chi connectivity index (χ0v) is 12.6. The van der Waals surface area contributed by atoms with Gasteiger partial charge >= 0.3 is 0 Å². The molecule has 0 radical (unpaired) electrons. The Morgan fingerprint density at radius 3 is 2.44 bits per heavy atom. The van der Waals surface area contributed by atoms with Gasteiger partial charge in [0.15, 0.2) is 0 Å². The summed E-state index contributed by atoms with van der Waals surface area (Å²) in [6, 6.07) is 0.602. The summed E-state index contributed by atoms with van der Waals surface area (Å²) in [5.74, 6) is 0. The van der Waals surface area contributed by atoms with Gasteiger partial charge in [-0.1, -0.05) is 31.6 Å². The Kier molecular flexibility index (Phi) is 4.32. The minimum absolute atomic E-state index is 0.379. The van der Waals surface area contributed by atoms with Crippen LogP contribution in [0.2, 0.25) is 0 Å². The molecule has 0 aromatic carbocycles. The summed E-state index contributed by atoms with van der Waals surface area (Å²) in [4.78, 5) is 2.60. The van der Waals surface area contributed by atoms with E-state index in [9.17, 15) is 0 Å². The fraction of sp³-hybridized carbons (Fsp3) is 0.765. The molecule has 0 N–H and O–H groups in total. The van der Waals surface area contributed by atoms with E-state index in [0.29, 0.717) is 11.5 Å². The molecule has 1 aliphatic heterocycles. The lowest BCUT2D eigenvalue weighted by molar-refractivity contribution is 0.299. The number of rotatable bonds is 3. The van der Waals surface area contributed by atoms with E-state index in [1.54, 1.807) is 11.1 Å². The summed E-state index contributed by atoms with van der Waals surface area (Å²) in [6.07, 6.45) is 11.6. The van der Waals surface area contributed by atoms with Gasteiger partial charge in [-0.05, 0) is 70.0 Å². The third-order valence-corrected chi connectivity index (χ3v) is 4.80. The van der Waals surface area contributed by atoms with Crippen LogP contribution < -0.4 is 0 Å². The number of nitrogens with zero attached hydrogens (tertiary/aromatic N) is 1. The third-order valence-electron chi connectivity index (χ3n) is 4.80. The van der Waals surface area contributed by atoms with Crippen molar-refractivity contribution in [2.24, 2.45) is 5.41 Å². The number of hydrogen-bond donors (Lipinski definition) is 0. The lowest BCUT2D eigenvalue weighted by Gasteiger charge is -2.33. The molecule has 0 aromatic heterocycles. The van der Waals surface area contributed by atoms with Crippen molar-refractivity contribution in [1.29, 1.82) is 0 Å². The van der Waals surface area contributed by atoms with E-state index < -0.39 is 0 Å². The van der Waals surface area contributed by atoms with Crippen molar-refractivity contribution in [2.45, 2.75) is 65.8 Å².